The van der Waals surface area contributed by atoms with Crippen molar-refractivity contribution in [2.45, 2.75) is 58.5 Å². The predicted octanol–water partition coefficient (Wildman–Crippen LogP) is 6.53. The van der Waals surface area contributed by atoms with E-state index in [9.17, 15) is 22.8 Å². The summed E-state index contributed by atoms with van der Waals surface area (Å²) in [5.74, 6) is -0.0547. The number of carbonyl (C=O) groups is 2. The van der Waals surface area contributed by atoms with Gasteiger partial charge in [-0.05, 0) is 55.7 Å². The Labute approximate surface area is 193 Å². The Balaban J connectivity index is 2.05. The maximum Gasteiger partial charge on any atom is 0.416 e. The number of hydrogen-bond acceptors (Lipinski definition) is 2. The van der Waals surface area contributed by atoms with Crippen LogP contribution in [0, 0.1) is 6.92 Å². The van der Waals surface area contributed by atoms with E-state index in [0.717, 1.165) is 43.4 Å². The van der Waals surface area contributed by atoms with E-state index in [-0.39, 0.29) is 18.1 Å². The zero-order valence-electron chi connectivity index (χ0n) is 19.2. The number of hydrogen-bond donors (Lipinski definition) is 2. The lowest BCUT2D eigenvalue weighted by Crippen LogP contribution is -2.37. The average Bonchev–Trinajstić information content (AvgIpc) is 2.76. The van der Waals surface area contributed by atoms with Crippen LogP contribution >= 0.6 is 0 Å². The average molecular weight is 464 g/mol. The molecule has 0 radical (unpaired) electrons. The molecule has 0 heterocycles. The minimum atomic E-state index is -4.51. The number of aryl methyl sites for hydroxylation is 1. The van der Waals surface area contributed by atoms with Crippen LogP contribution in [0.1, 0.15) is 56.6 Å². The molecule has 0 unspecified atom stereocenters. The van der Waals surface area contributed by atoms with Crippen LogP contribution in [0.2, 0.25) is 0 Å². The van der Waals surface area contributed by atoms with Crippen LogP contribution in [-0.2, 0) is 11.0 Å². The summed E-state index contributed by atoms with van der Waals surface area (Å²) in [5, 5.41) is 5.57. The van der Waals surface area contributed by atoms with Crippen molar-refractivity contribution >= 4 is 23.3 Å². The van der Waals surface area contributed by atoms with Gasteiger partial charge in [-0.2, -0.15) is 13.2 Å². The van der Waals surface area contributed by atoms with Crippen LogP contribution in [-0.4, -0.2) is 25.0 Å². The normalized spacial score (nSPS) is 11.2. The Morgan fingerprint density at radius 3 is 2.42 bits per heavy atom. The van der Waals surface area contributed by atoms with E-state index in [0.29, 0.717) is 25.1 Å². The number of rotatable bonds is 11. The molecular formula is C25H32F3N3O2. The number of urea groups is 1. The summed E-state index contributed by atoms with van der Waals surface area (Å²) < 4.78 is 39.6. The van der Waals surface area contributed by atoms with Gasteiger partial charge in [0, 0.05) is 30.9 Å². The minimum absolute atomic E-state index is 0.0547. The molecule has 0 bridgehead atoms. The lowest BCUT2D eigenvalue weighted by Gasteiger charge is -2.24. The largest absolute Gasteiger partial charge is 0.416 e. The number of alkyl halides is 3. The molecule has 2 N–H and O–H groups in total. The first-order valence-electron chi connectivity index (χ1n) is 11.3. The molecule has 3 amide bonds. The first-order chi connectivity index (χ1) is 15.7. The number of benzene rings is 2. The number of unbranched alkanes of at least 4 members (excludes halogenated alkanes) is 3. The molecule has 2 rings (SSSR count). The van der Waals surface area contributed by atoms with Crippen LogP contribution in [0.15, 0.2) is 48.5 Å². The molecule has 0 atom stereocenters. The van der Waals surface area contributed by atoms with E-state index in [4.69, 9.17) is 0 Å². The van der Waals surface area contributed by atoms with Gasteiger partial charge in [-0.3, -0.25) is 9.69 Å². The molecule has 0 fully saturated rings. The topological polar surface area (TPSA) is 61.4 Å². The van der Waals surface area contributed by atoms with E-state index in [1.165, 1.54) is 17.0 Å². The van der Waals surface area contributed by atoms with Gasteiger partial charge in [0.25, 0.3) is 0 Å². The second kappa shape index (κ2) is 12.9. The second-order valence-corrected chi connectivity index (χ2v) is 8.01. The maximum atomic E-state index is 13.2. The first kappa shape index (κ1) is 26.2. The molecule has 8 heteroatoms. The van der Waals surface area contributed by atoms with E-state index < -0.39 is 17.8 Å². The number of nitrogens with zero attached hydrogens (tertiary/aromatic N) is 1. The highest BCUT2D eigenvalue weighted by molar-refractivity contribution is 6.01. The fourth-order valence-electron chi connectivity index (χ4n) is 3.38. The molecule has 33 heavy (non-hydrogen) atoms. The molecule has 2 aromatic carbocycles. The predicted molar refractivity (Wildman–Crippen MR) is 125 cm³/mol. The summed E-state index contributed by atoms with van der Waals surface area (Å²) in [6.45, 7) is 4.46. The standard InChI is InChI=1S/C25H32F3N3O2/c1-3-4-5-6-14-23(32)29-15-9-16-31(22-13-8-11-20(18-22)25(26,27)28)24(33)30-21-12-7-10-19(2)17-21/h7-8,10-13,17-18H,3-6,9,14-16H2,1-2H3,(H,29,32)(H,30,33). The Kier molecular flexibility index (Phi) is 10.2. The highest BCUT2D eigenvalue weighted by Gasteiger charge is 2.31. The number of carbonyl (C=O) groups excluding carboxylic acids is 2. The molecule has 180 valence electrons. The number of halogens is 3. The van der Waals surface area contributed by atoms with Crippen molar-refractivity contribution in [3.8, 4) is 0 Å². The van der Waals surface area contributed by atoms with Gasteiger partial charge in [0.1, 0.15) is 0 Å². The highest BCUT2D eigenvalue weighted by atomic mass is 19.4. The molecule has 5 nitrogen and oxygen atoms in total. The number of nitrogens with one attached hydrogen (secondary N) is 2. The van der Waals surface area contributed by atoms with E-state index in [2.05, 4.69) is 17.6 Å². The van der Waals surface area contributed by atoms with Crippen LogP contribution < -0.4 is 15.5 Å². The monoisotopic (exact) mass is 463 g/mol. The Hall–Kier alpha value is -3.03. The van der Waals surface area contributed by atoms with Gasteiger partial charge < -0.3 is 10.6 Å². The Bertz CT molecular complexity index is 916. The molecular weight excluding hydrogens is 431 g/mol. The quantitative estimate of drug-likeness (QED) is 0.372. The van der Waals surface area contributed by atoms with Crippen molar-refractivity contribution < 1.29 is 22.8 Å². The van der Waals surface area contributed by atoms with Gasteiger partial charge in [0.2, 0.25) is 5.91 Å². The Morgan fingerprint density at radius 1 is 0.970 bits per heavy atom. The van der Waals surface area contributed by atoms with Crippen molar-refractivity contribution in [1.82, 2.24) is 5.32 Å². The molecule has 0 saturated heterocycles. The van der Waals surface area contributed by atoms with Gasteiger partial charge in [-0.1, -0.05) is 44.4 Å². The summed E-state index contributed by atoms with van der Waals surface area (Å²) in [6.07, 6.45) is 0.359. The smallest absolute Gasteiger partial charge is 0.356 e. The van der Waals surface area contributed by atoms with Crippen molar-refractivity contribution in [1.29, 1.82) is 0 Å². The molecule has 0 aliphatic heterocycles. The van der Waals surface area contributed by atoms with E-state index in [1.807, 2.05) is 13.0 Å². The van der Waals surface area contributed by atoms with Crippen molar-refractivity contribution in [2.75, 3.05) is 23.3 Å². The van der Waals surface area contributed by atoms with Gasteiger partial charge in [-0.25, -0.2) is 4.79 Å². The lowest BCUT2D eigenvalue weighted by atomic mass is 10.1. The van der Waals surface area contributed by atoms with Gasteiger partial charge in [0.15, 0.2) is 0 Å². The number of anilines is 2. The zero-order valence-corrected chi connectivity index (χ0v) is 19.2. The third-order valence-electron chi connectivity index (χ3n) is 5.14. The number of amides is 3. The van der Waals surface area contributed by atoms with Crippen molar-refractivity contribution in [2.24, 2.45) is 0 Å². The molecule has 2 aromatic rings. The Morgan fingerprint density at radius 2 is 1.73 bits per heavy atom. The third kappa shape index (κ3) is 9.16. The summed E-state index contributed by atoms with van der Waals surface area (Å²) in [5.41, 5.74) is 0.812. The minimum Gasteiger partial charge on any atom is -0.356 e. The summed E-state index contributed by atoms with van der Waals surface area (Å²) >= 11 is 0. The molecule has 0 saturated carbocycles. The van der Waals surface area contributed by atoms with Crippen LogP contribution in [0.4, 0.5) is 29.3 Å². The van der Waals surface area contributed by atoms with Gasteiger partial charge >= 0.3 is 12.2 Å². The molecule has 0 aliphatic carbocycles. The van der Waals surface area contributed by atoms with Crippen LogP contribution in [0.3, 0.4) is 0 Å². The SMILES string of the molecule is CCCCCCC(=O)NCCCN(C(=O)Nc1cccc(C)c1)c1cccc(C(F)(F)F)c1. The highest BCUT2D eigenvalue weighted by Crippen LogP contribution is 2.32. The summed E-state index contributed by atoms with van der Waals surface area (Å²) in [6, 6.07) is 11.3. The van der Waals surface area contributed by atoms with Gasteiger partial charge in [-0.15, -0.1) is 0 Å². The second-order valence-electron chi connectivity index (χ2n) is 8.01. The van der Waals surface area contributed by atoms with Crippen molar-refractivity contribution in [3.05, 3.63) is 59.7 Å². The van der Waals surface area contributed by atoms with Crippen LogP contribution in [0.5, 0.6) is 0 Å². The third-order valence-corrected chi connectivity index (χ3v) is 5.14. The molecule has 0 spiro atoms. The van der Waals surface area contributed by atoms with Crippen molar-refractivity contribution in [3.63, 3.8) is 0 Å². The van der Waals surface area contributed by atoms with Gasteiger partial charge in [0.05, 0.1) is 5.56 Å². The summed E-state index contributed by atoms with van der Waals surface area (Å²) in [4.78, 5) is 26.2. The van der Waals surface area contributed by atoms with Crippen LogP contribution in [0.25, 0.3) is 0 Å². The maximum absolute atomic E-state index is 13.2. The zero-order chi connectivity index (χ0) is 24.3. The summed E-state index contributed by atoms with van der Waals surface area (Å²) in [7, 11) is 0. The first-order valence-corrected chi connectivity index (χ1v) is 11.3. The lowest BCUT2D eigenvalue weighted by molar-refractivity contribution is -0.137. The molecule has 0 aliphatic rings. The van der Waals surface area contributed by atoms with E-state index in [1.54, 1.807) is 18.2 Å². The van der Waals surface area contributed by atoms with E-state index >= 15 is 0 Å². The molecule has 0 aromatic heterocycles. The fraction of sp³-hybridized carbons (Fsp3) is 0.440. The fourth-order valence-corrected chi connectivity index (χ4v) is 3.38.